The van der Waals surface area contributed by atoms with E-state index in [4.69, 9.17) is 28.4 Å². The number of allylic oxidation sites excluding steroid dienone is 1. The van der Waals surface area contributed by atoms with Gasteiger partial charge in [-0.1, -0.05) is 6.07 Å². The largest absolute Gasteiger partial charge is 0.493 e. The summed E-state index contributed by atoms with van der Waals surface area (Å²) in [5.74, 6) is 2.86. The van der Waals surface area contributed by atoms with E-state index >= 15 is 0 Å². The Hall–Kier alpha value is -3.57. The van der Waals surface area contributed by atoms with Crippen LogP contribution in [0.3, 0.4) is 0 Å². The fourth-order valence-electron chi connectivity index (χ4n) is 3.58. The average molecular weight is 455 g/mol. The molecular formula is C25H30N2O6. The summed E-state index contributed by atoms with van der Waals surface area (Å²) in [6.07, 6.45) is 2.43. The van der Waals surface area contributed by atoms with E-state index in [-0.39, 0.29) is 6.61 Å². The van der Waals surface area contributed by atoms with Gasteiger partial charge in [0.05, 0.1) is 47.7 Å². The van der Waals surface area contributed by atoms with Gasteiger partial charge in [0.2, 0.25) is 5.75 Å². The number of hydrogen-bond acceptors (Lipinski definition) is 8. The summed E-state index contributed by atoms with van der Waals surface area (Å²) in [6.45, 7) is 3.24. The first-order valence-corrected chi connectivity index (χ1v) is 10.6. The molecule has 1 aliphatic rings. The molecule has 3 rings (SSSR count). The second-order valence-electron chi connectivity index (χ2n) is 7.40. The van der Waals surface area contributed by atoms with Crippen molar-refractivity contribution in [2.45, 2.75) is 13.0 Å². The quantitative estimate of drug-likeness (QED) is 0.504. The van der Waals surface area contributed by atoms with Gasteiger partial charge in [-0.05, 0) is 35.4 Å². The molecular weight excluding hydrogens is 424 g/mol. The Labute approximate surface area is 194 Å². The molecule has 0 radical (unpaired) electrons. The first-order valence-electron chi connectivity index (χ1n) is 10.6. The number of nitriles is 1. The molecule has 8 heteroatoms. The summed E-state index contributed by atoms with van der Waals surface area (Å²) >= 11 is 0. The molecule has 1 saturated heterocycles. The highest BCUT2D eigenvalue weighted by Gasteiger charge is 2.15. The third-order valence-corrected chi connectivity index (χ3v) is 5.27. The zero-order valence-corrected chi connectivity index (χ0v) is 19.6. The molecule has 8 nitrogen and oxygen atoms in total. The van der Waals surface area contributed by atoms with E-state index in [0.29, 0.717) is 54.0 Å². The van der Waals surface area contributed by atoms with Crippen LogP contribution in [-0.2, 0) is 17.8 Å². The van der Waals surface area contributed by atoms with Crippen molar-refractivity contribution >= 4 is 0 Å². The van der Waals surface area contributed by atoms with E-state index in [1.165, 1.54) is 0 Å². The second-order valence-corrected chi connectivity index (χ2v) is 7.40. The summed E-state index contributed by atoms with van der Waals surface area (Å²) in [5.41, 5.74) is 2.51. The minimum absolute atomic E-state index is 0.285. The van der Waals surface area contributed by atoms with Crippen molar-refractivity contribution in [2.24, 2.45) is 0 Å². The SMILES string of the molecule is COc1cc(C/C(C#N)=C/N2CCOCC2)ccc1OCc1cc(OC)c(OC)c(OC)c1. The van der Waals surface area contributed by atoms with Crippen molar-refractivity contribution in [3.05, 3.63) is 53.2 Å². The fraction of sp³-hybridized carbons (Fsp3) is 0.400. The molecule has 0 aromatic heterocycles. The number of nitrogens with zero attached hydrogens (tertiary/aromatic N) is 2. The van der Waals surface area contributed by atoms with E-state index < -0.39 is 0 Å². The maximum atomic E-state index is 9.57. The summed E-state index contributed by atoms with van der Waals surface area (Å²) < 4.78 is 33.1. The Kier molecular flexibility index (Phi) is 8.67. The van der Waals surface area contributed by atoms with Gasteiger partial charge in [-0.15, -0.1) is 0 Å². The van der Waals surface area contributed by atoms with Gasteiger partial charge in [0, 0.05) is 31.3 Å². The van der Waals surface area contributed by atoms with Crippen molar-refractivity contribution in [2.75, 3.05) is 54.7 Å². The Morgan fingerprint density at radius 1 is 0.909 bits per heavy atom. The van der Waals surface area contributed by atoms with Gasteiger partial charge < -0.3 is 33.3 Å². The minimum Gasteiger partial charge on any atom is -0.493 e. The van der Waals surface area contributed by atoms with E-state index in [9.17, 15) is 5.26 Å². The van der Waals surface area contributed by atoms with Gasteiger partial charge >= 0.3 is 0 Å². The number of hydrogen-bond donors (Lipinski definition) is 0. The molecule has 0 spiro atoms. The molecule has 0 atom stereocenters. The molecule has 1 heterocycles. The minimum atomic E-state index is 0.285. The van der Waals surface area contributed by atoms with Crippen LogP contribution in [0.5, 0.6) is 28.7 Å². The number of methoxy groups -OCH3 is 4. The van der Waals surface area contributed by atoms with E-state index in [1.54, 1.807) is 28.4 Å². The molecule has 0 aliphatic carbocycles. The summed E-state index contributed by atoms with van der Waals surface area (Å²) in [5, 5.41) is 9.57. The van der Waals surface area contributed by atoms with Gasteiger partial charge in [0.15, 0.2) is 23.0 Å². The highest BCUT2D eigenvalue weighted by atomic mass is 16.5. The fourth-order valence-corrected chi connectivity index (χ4v) is 3.58. The van der Waals surface area contributed by atoms with Gasteiger partial charge in [0.1, 0.15) is 6.61 Å². The van der Waals surface area contributed by atoms with Crippen molar-refractivity contribution in [3.8, 4) is 34.8 Å². The first kappa shape index (κ1) is 24.1. The van der Waals surface area contributed by atoms with Crippen LogP contribution in [0.15, 0.2) is 42.1 Å². The Bertz CT molecular complexity index is 983. The van der Waals surface area contributed by atoms with Gasteiger partial charge in [-0.2, -0.15) is 5.26 Å². The zero-order chi connectivity index (χ0) is 23.6. The third-order valence-electron chi connectivity index (χ3n) is 5.27. The van der Waals surface area contributed by atoms with E-state index in [0.717, 1.165) is 24.2 Å². The highest BCUT2D eigenvalue weighted by Crippen LogP contribution is 2.39. The Morgan fingerprint density at radius 2 is 1.55 bits per heavy atom. The van der Waals surface area contributed by atoms with Crippen LogP contribution in [0.25, 0.3) is 0 Å². The molecule has 0 amide bonds. The second kappa shape index (κ2) is 11.9. The smallest absolute Gasteiger partial charge is 0.203 e. The molecule has 0 N–H and O–H groups in total. The average Bonchev–Trinajstić information content (AvgIpc) is 2.87. The molecule has 1 fully saturated rings. The lowest BCUT2D eigenvalue weighted by Gasteiger charge is -2.25. The van der Waals surface area contributed by atoms with Crippen molar-refractivity contribution < 1.29 is 28.4 Å². The normalized spacial score (nSPS) is 13.8. The maximum Gasteiger partial charge on any atom is 0.203 e. The van der Waals surface area contributed by atoms with Crippen LogP contribution in [0, 0.1) is 11.3 Å². The van der Waals surface area contributed by atoms with Crippen LogP contribution >= 0.6 is 0 Å². The number of morpholine rings is 1. The van der Waals surface area contributed by atoms with Gasteiger partial charge in [0.25, 0.3) is 0 Å². The van der Waals surface area contributed by atoms with Crippen LogP contribution in [-0.4, -0.2) is 59.6 Å². The summed E-state index contributed by atoms with van der Waals surface area (Å²) in [6, 6.07) is 11.7. The Morgan fingerprint density at radius 3 is 2.12 bits per heavy atom. The predicted molar refractivity (Wildman–Crippen MR) is 123 cm³/mol. The molecule has 2 aromatic carbocycles. The van der Waals surface area contributed by atoms with Crippen molar-refractivity contribution in [3.63, 3.8) is 0 Å². The van der Waals surface area contributed by atoms with Gasteiger partial charge in [-0.3, -0.25) is 0 Å². The van der Waals surface area contributed by atoms with Gasteiger partial charge in [-0.25, -0.2) is 0 Å². The molecule has 0 bridgehead atoms. The monoisotopic (exact) mass is 454 g/mol. The molecule has 1 aliphatic heterocycles. The summed E-state index contributed by atoms with van der Waals surface area (Å²) in [4.78, 5) is 2.12. The van der Waals surface area contributed by atoms with Crippen LogP contribution < -0.4 is 23.7 Å². The molecule has 2 aromatic rings. The molecule has 176 valence electrons. The van der Waals surface area contributed by atoms with Crippen molar-refractivity contribution in [1.82, 2.24) is 4.90 Å². The third kappa shape index (κ3) is 6.24. The molecule has 0 unspecified atom stereocenters. The van der Waals surface area contributed by atoms with Crippen LogP contribution in [0.1, 0.15) is 11.1 Å². The standard InChI is InChI=1S/C25H30N2O6/c1-28-22-12-18(11-20(15-26)16-27-7-9-32-10-8-27)5-6-21(22)33-17-19-13-23(29-2)25(31-4)24(14-19)30-3/h5-6,12-14,16H,7-11,17H2,1-4H3/b20-16-. The van der Waals surface area contributed by atoms with Crippen LogP contribution in [0.2, 0.25) is 0 Å². The number of benzene rings is 2. The number of rotatable bonds is 10. The first-order chi connectivity index (χ1) is 16.1. The highest BCUT2D eigenvalue weighted by molar-refractivity contribution is 5.54. The summed E-state index contributed by atoms with van der Waals surface area (Å²) in [7, 11) is 6.32. The topological polar surface area (TPSA) is 82.4 Å². The lowest BCUT2D eigenvalue weighted by Crippen LogP contribution is -2.32. The number of ether oxygens (including phenoxy) is 6. The molecule has 33 heavy (non-hydrogen) atoms. The maximum absolute atomic E-state index is 9.57. The predicted octanol–water partition coefficient (Wildman–Crippen LogP) is 3.58. The zero-order valence-electron chi connectivity index (χ0n) is 19.6. The molecule has 0 saturated carbocycles. The Balaban J connectivity index is 1.72. The van der Waals surface area contributed by atoms with Crippen LogP contribution in [0.4, 0.5) is 0 Å². The van der Waals surface area contributed by atoms with E-state index in [2.05, 4.69) is 11.0 Å². The van der Waals surface area contributed by atoms with Crippen molar-refractivity contribution in [1.29, 1.82) is 5.26 Å². The lowest BCUT2D eigenvalue weighted by atomic mass is 10.1. The van der Waals surface area contributed by atoms with E-state index in [1.807, 2.05) is 36.5 Å². The lowest BCUT2D eigenvalue weighted by molar-refractivity contribution is 0.0591.